The molecule has 1 aromatic rings. The number of hydrogen-bond donors (Lipinski definition) is 0. The van der Waals surface area contributed by atoms with Crippen LogP contribution in [0.25, 0.3) is 6.08 Å². The van der Waals surface area contributed by atoms with Crippen LogP contribution in [0, 0.1) is 0 Å². The topological polar surface area (TPSA) is 39.4 Å². The Hall–Kier alpha value is -1.51. The molecule has 0 spiro atoms. The molecule has 0 N–H and O–H groups in total. The van der Waals surface area contributed by atoms with Gasteiger partial charge in [-0.2, -0.15) is 0 Å². The number of carbonyl (C=O) groups is 1. The van der Waals surface area contributed by atoms with Crippen LogP contribution in [0.15, 0.2) is 28.4 Å². The molecule has 1 saturated heterocycles. The summed E-state index contributed by atoms with van der Waals surface area (Å²) in [6.45, 7) is 0.491. The number of rotatable bonds is 1. The van der Waals surface area contributed by atoms with Crippen LogP contribution in [0.5, 0.6) is 0 Å². The molecule has 0 aromatic carbocycles. The Bertz CT molecular complexity index is 309. The smallest absolute Gasteiger partial charge is 0.334 e. The normalized spacial score (nSPS) is 20.0. The van der Waals surface area contributed by atoms with E-state index in [1.165, 1.54) is 0 Å². The van der Waals surface area contributed by atoms with E-state index in [-0.39, 0.29) is 5.97 Å². The van der Waals surface area contributed by atoms with Crippen LogP contribution in [0.2, 0.25) is 0 Å². The predicted octanol–water partition coefficient (Wildman–Crippen LogP) is 1.61. The van der Waals surface area contributed by atoms with Gasteiger partial charge in [0.2, 0.25) is 0 Å². The summed E-state index contributed by atoms with van der Waals surface area (Å²) >= 11 is 0. The summed E-state index contributed by atoms with van der Waals surface area (Å²) in [4.78, 5) is 11.0. The lowest BCUT2D eigenvalue weighted by Gasteiger charge is -1.88. The monoisotopic (exact) mass is 164 g/mol. The Morgan fingerprint density at radius 3 is 3.00 bits per heavy atom. The van der Waals surface area contributed by atoms with Crippen molar-refractivity contribution in [2.45, 2.75) is 6.42 Å². The van der Waals surface area contributed by atoms with E-state index in [0.29, 0.717) is 24.4 Å². The van der Waals surface area contributed by atoms with Crippen LogP contribution in [0.1, 0.15) is 12.2 Å². The minimum atomic E-state index is -0.230. The molecule has 0 radical (unpaired) electrons. The first kappa shape index (κ1) is 7.16. The molecule has 62 valence electrons. The number of hydrogen-bond acceptors (Lipinski definition) is 3. The third-order valence-electron chi connectivity index (χ3n) is 1.73. The zero-order valence-electron chi connectivity index (χ0n) is 6.45. The predicted molar refractivity (Wildman–Crippen MR) is 42.3 cm³/mol. The molecule has 1 aliphatic rings. The van der Waals surface area contributed by atoms with Gasteiger partial charge in [-0.1, -0.05) is 0 Å². The molecule has 0 atom stereocenters. The summed E-state index contributed by atoms with van der Waals surface area (Å²) in [7, 11) is 0. The quantitative estimate of drug-likeness (QED) is 0.467. The van der Waals surface area contributed by atoms with E-state index < -0.39 is 0 Å². The zero-order chi connectivity index (χ0) is 8.39. The van der Waals surface area contributed by atoms with E-state index in [0.717, 1.165) is 0 Å². The van der Waals surface area contributed by atoms with Crippen molar-refractivity contribution < 1.29 is 13.9 Å². The number of cyclic esters (lactones) is 1. The first-order valence-corrected chi connectivity index (χ1v) is 3.77. The third-order valence-corrected chi connectivity index (χ3v) is 1.73. The number of ether oxygens (including phenoxy) is 1. The highest BCUT2D eigenvalue weighted by Gasteiger charge is 2.18. The molecule has 1 fully saturated rings. The Morgan fingerprint density at radius 1 is 1.50 bits per heavy atom. The minimum Gasteiger partial charge on any atom is -0.465 e. The average molecular weight is 164 g/mol. The van der Waals surface area contributed by atoms with Crippen molar-refractivity contribution in [1.82, 2.24) is 0 Å². The molecule has 2 heterocycles. The van der Waals surface area contributed by atoms with Gasteiger partial charge in [0.05, 0.1) is 12.9 Å². The largest absolute Gasteiger partial charge is 0.465 e. The van der Waals surface area contributed by atoms with Crippen LogP contribution in [0.3, 0.4) is 0 Å². The highest BCUT2D eigenvalue weighted by Crippen LogP contribution is 2.16. The summed E-state index contributed by atoms with van der Waals surface area (Å²) in [6, 6.07) is 3.59. The van der Waals surface area contributed by atoms with Crippen LogP contribution < -0.4 is 0 Å². The summed E-state index contributed by atoms with van der Waals surface area (Å²) in [6.07, 6.45) is 3.97. The van der Waals surface area contributed by atoms with E-state index in [2.05, 4.69) is 0 Å². The second-order valence-electron chi connectivity index (χ2n) is 2.57. The van der Waals surface area contributed by atoms with Gasteiger partial charge < -0.3 is 9.15 Å². The van der Waals surface area contributed by atoms with E-state index in [1.807, 2.05) is 0 Å². The molecule has 0 unspecified atom stereocenters. The van der Waals surface area contributed by atoms with Gasteiger partial charge in [-0.3, -0.25) is 0 Å². The molecular weight excluding hydrogens is 156 g/mol. The lowest BCUT2D eigenvalue weighted by molar-refractivity contribution is -0.134. The van der Waals surface area contributed by atoms with Gasteiger partial charge in [0.15, 0.2) is 0 Å². The SMILES string of the molecule is O=C1OCCC1=Cc1ccco1. The Morgan fingerprint density at radius 2 is 2.42 bits per heavy atom. The van der Waals surface area contributed by atoms with Crippen molar-refractivity contribution >= 4 is 12.0 Å². The van der Waals surface area contributed by atoms with Crippen molar-refractivity contribution in [1.29, 1.82) is 0 Å². The molecule has 1 aromatic heterocycles. The maximum absolute atomic E-state index is 11.0. The van der Waals surface area contributed by atoms with Crippen LogP contribution in [0.4, 0.5) is 0 Å². The average Bonchev–Trinajstić information content (AvgIpc) is 2.65. The van der Waals surface area contributed by atoms with Crippen LogP contribution in [-0.2, 0) is 9.53 Å². The summed E-state index contributed by atoms with van der Waals surface area (Å²) < 4.78 is 9.82. The Labute approximate surface area is 69.6 Å². The molecule has 3 nitrogen and oxygen atoms in total. The molecule has 2 rings (SSSR count). The van der Waals surface area contributed by atoms with Gasteiger partial charge in [-0.15, -0.1) is 0 Å². The second-order valence-corrected chi connectivity index (χ2v) is 2.57. The van der Waals surface area contributed by atoms with Gasteiger partial charge in [0.25, 0.3) is 0 Å². The highest BCUT2D eigenvalue weighted by molar-refractivity contribution is 5.94. The van der Waals surface area contributed by atoms with Crippen molar-refractivity contribution in [3.63, 3.8) is 0 Å². The van der Waals surface area contributed by atoms with Gasteiger partial charge >= 0.3 is 5.97 Å². The van der Waals surface area contributed by atoms with Gasteiger partial charge in [0, 0.05) is 12.0 Å². The summed E-state index contributed by atoms with van der Waals surface area (Å²) in [5, 5.41) is 0. The van der Waals surface area contributed by atoms with Crippen molar-refractivity contribution in [3.05, 3.63) is 29.7 Å². The lowest BCUT2D eigenvalue weighted by atomic mass is 10.2. The zero-order valence-corrected chi connectivity index (χ0v) is 6.45. The van der Waals surface area contributed by atoms with E-state index in [4.69, 9.17) is 9.15 Å². The number of esters is 1. The molecule has 12 heavy (non-hydrogen) atoms. The highest BCUT2D eigenvalue weighted by atomic mass is 16.5. The van der Waals surface area contributed by atoms with Crippen molar-refractivity contribution in [2.75, 3.05) is 6.61 Å². The van der Waals surface area contributed by atoms with Gasteiger partial charge in [0.1, 0.15) is 5.76 Å². The van der Waals surface area contributed by atoms with Crippen molar-refractivity contribution in [3.8, 4) is 0 Å². The fourth-order valence-corrected chi connectivity index (χ4v) is 1.12. The minimum absolute atomic E-state index is 0.230. The molecule has 0 amide bonds. The fourth-order valence-electron chi connectivity index (χ4n) is 1.12. The maximum atomic E-state index is 11.0. The third kappa shape index (κ3) is 1.25. The Kier molecular flexibility index (Phi) is 1.70. The molecular formula is C9H8O3. The summed E-state index contributed by atoms with van der Waals surface area (Å²) in [5.41, 5.74) is 0.685. The van der Waals surface area contributed by atoms with Gasteiger partial charge in [-0.25, -0.2) is 4.79 Å². The molecule has 3 heteroatoms. The number of carbonyl (C=O) groups excluding carboxylic acids is 1. The first-order chi connectivity index (χ1) is 5.86. The van der Waals surface area contributed by atoms with Gasteiger partial charge in [-0.05, 0) is 18.2 Å². The molecule has 1 aliphatic heterocycles. The van der Waals surface area contributed by atoms with E-state index >= 15 is 0 Å². The number of furan rings is 1. The molecule has 0 aliphatic carbocycles. The van der Waals surface area contributed by atoms with E-state index in [9.17, 15) is 4.79 Å². The second kappa shape index (κ2) is 2.85. The standard InChI is InChI=1S/C9H8O3/c10-9-7(3-5-12-9)6-8-2-1-4-11-8/h1-2,4,6H,3,5H2. The summed E-state index contributed by atoms with van der Waals surface area (Å²) in [5.74, 6) is 0.468. The fraction of sp³-hybridized carbons (Fsp3) is 0.222. The molecule has 0 bridgehead atoms. The molecule has 0 saturated carbocycles. The van der Waals surface area contributed by atoms with Crippen LogP contribution in [-0.4, -0.2) is 12.6 Å². The van der Waals surface area contributed by atoms with Crippen LogP contribution >= 0.6 is 0 Å². The van der Waals surface area contributed by atoms with Crippen molar-refractivity contribution in [2.24, 2.45) is 0 Å². The first-order valence-electron chi connectivity index (χ1n) is 3.77. The maximum Gasteiger partial charge on any atom is 0.334 e. The Balaban J connectivity index is 2.23. The lowest BCUT2D eigenvalue weighted by Crippen LogP contribution is -1.93. The van der Waals surface area contributed by atoms with E-state index in [1.54, 1.807) is 24.5 Å².